The quantitative estimate of drug-likeness (QED) is 0.598. The van der Waals surface area contributed by atoms with Gasteiger partial charge in [0.1, 0.15) is 6.29 Å². The Balaban J connectivity index is 2.55. The summed E-state index contributed by atoms with van der Waals surface area (Å²) in [5.74, 6) is -0.0936. The molecular weight excluding hydrogens is 142 g/mol. The summed E-state index contributed by atoms with van der Waals surface area (Å²) in [5.41, 5.74) is 0. The predicted molar refractivity (Wildman–Crippen MR) is 41.0 cm³/mol. The maximum absolute atomic E-state index is 11.1. The van der Waals surface area contributed by atoms with Crippen molar-refractivity contribution >= 4 is 12.2 Å². The van der Waals surface area contributed by atoms with Crippen LogP contribution in [0.25, 0.3) is 0 Å². The average Bonchev–Trinajstić information content (AvgIpc) is 2.34. The van der Waals surface area contributed by atoms with E-state index >= 15 is 0 Å². The first kappa shape index (κ1) is 8.24. The maximum atomic E-state index is 11.1. The molecule has 1 fully saturated rings. The van der Waals surface area contributed by atoms with E-state index < -0.39 is 0 Å². The number of hydrogen-bond acceptors (Lipinski definition) is 2. The van der Waals surface area contributed by atoms with Gasteiger partial charge in [0.25, 0.3) is 0 Å². The Morgan fingerprint density at radius 3 is 3.00 bits per heavy atom. The summed E-state index contributed by atoms with van der Waals surface area (Å²) in [5, 5.41) is 2.69. The molecule has 0 spiro atoms. The molecule has 1 amide bonds. The summed E-state index contributed by atoms with van der Waals surface area (Å²) in [6, 6.07) is 0. The van der Waals surface area contributed by atoms with Crippen LogP contribution in [0.5, 0.6) is 0 Å². The lowest BCUT2D eigenvalue weighted by Crippen LogP contribution is -2.19. The third-order valence-corrected chi connectivity index (χ3v) is 2.14. The summed E-state index contributed by atoms with van der Waals surface area (Å²) in [6.45, 7) is 2.56. The molecule has 0 aromatic rings. The highest BCUT2D eigenvalue weighted by atomic mass is 16.2. The van der Waals surface area contributed by atoms with Gasteiger partial charge in [-0.05, 0) is 6.42 Å². The second-order valence-electron chi connectivity index (χ2n) is 2.94. The fourth-order valence-corrected chi connectivity index (χ4v) is 1.49. The Morgan fingerprint density at radius 1 is 1.73 bits per heavy atom. The average molecular weight is 155 g/mol. The maximum Gasteiger partial charge on any atom is 0.223 e. The first-order valence-electron chi connectivity index (χ1n) is 4.02. The predicted octanol–water partition coefficient (Wildman–Crippen LogP) is 0.348. The molecule has 0 aromatic carbocycles. The van der Waals surface area contributed by atoms with Crippen LogP contribution in [0, 0.1) is 11.8 Å². The van der Waals surface area contributed by atoms with Crippen LogP contribution in [-0.2, 0) is 9.59 Å². The molecule has 0 radical (unpaired) electrons. The van der Waals surface area contributed by atoms with Crippen LogP contribution in [0.3, 0.4) is 0 Å². The molecule has 2 unspecified atom stereocenters. The molecule has 11 heavy (non-hydrogen) atoms. The third-order valence-electron chi connectivity index (χ3n) is 2.14. The van der Waals surface area contributed by atoms with E-state index in [1.807, 2.05) is 6.92 Å². The van der Waals surface area contributed by atoms with Gasteiger partial charge in [-0.3, -0.25) is 4.79 Å². The topological polar surface area (TPSA) is 46.2 Å². The van der Waals surface area contributed by atoms with Gasteiger partial charge in [-0.25, -0.2) is 0 Å². The lowest BCUT2D eigenvalue weighted by molar-refractivity contribution is -0.124. The van der Waals surface area contributed by atoms with Crippen molar-refractivity contribution in [1.29, 1.82) is 0 Å². The number of rotatable bonds is 3. The Labute approximate surface area is 66.2 Å². The monoisotopic (exact) mass is 155 g/mol. The van der Waals surface area contributed by atoms with Crippen LogP contribution in [0.4, 0.5) is 0 Å². The molecule has 62 valence electrons. The van der Waals surface area contributed by atoms with Crippen molar-refractivity contribution in [2.75, 3.05) is 6.54 Å². The number of amides is 1. The minimum Gasteiger partial charge on any atom is -0.355 e. The van der Waals surface area contributed by atoms with Gasteiger partial charge in [-0.1, -0.05) is 13.3 Å². The summed E-state index contributed by atoms with van der Waals surface area (Å²) in [4.78, 5) is 21.5. The van der Waals surface area contributed by atoms with E-state index in [1.54, 1.807) is 0 Å². The van der Waals surface area contributed by atoms with Crippen LogP contribution in [-0.4, -0.2) is 18.7 Å². The van der Waals surface area contributed by atoms with Gasteiger partial charge >= 0.3 is 0 Å². The van der Waals surface area contributed by atoms with Gasteiger partial charge < -0.3 is 10.1 Å². The Bertz CT molecular complexity index is 167. The van der Waals surface area contributed by atoms with Crippen LogP contribution in [0.15, 0.2) is 0 Å². The van der Waals surface area contributed by atoms with Crippen molar-refractivity contribution in [3.8, 4) is 0 Å². The summed E-state index contributed by atoms with van der Waals surface area (Å²) >= 11 is 0. The van der Waals surface area contributed by atoms with Gasteiger partial charge in [-0.2, -0.15) is 0 Å². The summed E-state index contributed by atoms with van der Waals surface area (Å²) in [7, 11) is 0. The molecule has 1 aliphatic rings. The number of aldehydes is 1. The normalized spacial score (nSPS) is 30.1. The molecule has 1 rings (SSSR count). The number of carbonyl (C=O) groups is 2. The van der Waals surface area contributed by atoms with Crippen LogP contribution >= 0.6 is 0 Å². The highest BCUT2D eigenvalue weighted by molar-refractivity contribution is 5.85. The summed E-state index contributed by atoms with van der Waals surface area (Å²) in [6.07, 6.45) is 2.68. The van der Waals surface area contributed by atoms with Crippen LogP contribution in [0.2, 0.25) is 0 Å². The highest BCUT2D eigenvalue weighted by Crippen LogP contribution is 2.20. The van der Waals surface area contributed by atoms with E-state index in [4.69, 9.17) is 0 Å². The minimum absolute atomic E-state index is 0.0453. The molecule has 0 saturated carbocycles. The van der Waals surface area contributed by atoms with E-state index in [0.717, 1.165) is 19.1 Å². The van der Waals surface area contributed by atoms with E-state index in [2.05, 4.69) is 5.32 Å². The molecule has 0 aromatic heterocycles. The molecule has 1 heterocycles. The standard InChI is InChI=1S/C8H13NO2/c1-2-3-7-6(5-10)4-9-8(7)11/h5-7H,2-4H2,1H3,(H,9,11). The molecular formula is C8H13NO2. The van der Waals surface area contributed by atoms with E-state index in [1.165, 1.54) is 0 Å². The van der Waals surface area contributed by atoms with Crippen molar-refractivity contribution in [1.82, 2.24) is 5.32 Å². The molecule has 3 heteroatoms. The molecule has 1 saturated heterocycles. The van der Waals surface area contributed by atoms with Gasteiger partial charge in [0.15, 0.2) is 0 Å². The van der Waals surface area contributed by atoms with E-state index in [-0.39, 0.29) is 17.7 Å². The SMILES string of the molecule is CCCC1C(=O)NCC1C=O. The molecule has 3 nitrogen and oxygen atoms in total. The van der Waals surface area contributed by atoms with Crippen molar-refractivity contribution in [2.24, 2.45) is 11.8 Å². The first-order valence-corrected chi connectivity index (χ1v) is 4.02. The Hall–Kier alpha value is -0.860. The van der Waals surface area contributed by atoms with Crippen LogP contribution < -0.4 is 5.32 Å². The number of carbonyl (C=O) groups excluding carboxylic acids is 2. The van der Waals surface area contributed by atoms with E-state index in [0.29, 0.717) is 6.54 Å². The molecule has 1 N–H and O–H groups in total. The number of nitrogens with one attached hydrogen (secondary N) is 1. The fourth-order valence-electron chi connectivity index (χ4n) is 1.49. The van der Waals surface area contributed by atoms with Crippen LogP contribution in [0.1, 0.15) is 19.8 Å². The highest BCUT2D eigenvalue weighted by Gasteiger charge is 2.33. The molecule has 2 atom stereocenters. The third kappa shape index (κ3) is 1.59. The second kappa shape index (κ2) is 3.51. The fraction of sp³-hybridized carbons (Fsp3) is 0.750. The van der Waals surface area contributed by atoms with Crippen molar-refractivity contribution < 1.29 is 9.59 Å². The van der Waals surface area contributed by atoms with E-state index in [9.17, 15) is 9.59 Å². The van der Waals surface area contributed by atoms with Crippen molar-refractivity contribution in [2.45, 2.75) is 19.8 Å². The zero-order valence-corrected chi connectivity index (χ0v) is 6.67. The Kier molecular flexibility index (Phi) is 2.63. The van der Waals surface area contributed by atoms with Gasteiger partial charge in [0, 0.05) is 18.4 Å². The largest absolute Gasteiger partial charge is 0.355 e. The lowest BCUT2D eigenvalue weighted by Gasteiger charge is -2.07. The molecule has 1 aliphatic heterocycles. The van der Waals surface area contributed by atoms with Gasteiger partial charge in [-0.15, -0.1) is 0 Å². The van der Waals surface area contributed by atoms with Crippen molar-refractivity contribution in [3.05, 3.63) is 0 Å². The Morgan fingerprint density at radius 2 is 2.45 bits per heavy atom. The van der Waals surface area contributed by atoms with Gasteiger partial charge in [0.05, 0.1) is 0 Å². The smallest absolute Gasteiger partial charge is 0.223 e. The first-order chi connectivity index (χ1) is 5.29. The van der Waals surface area contributed by atoms with Crippen molar-refractivity contribution in [3.63, 3.8) is 0 Å². The second-order valence-corrected chi connectivity index (χ2v) is 2.94. The lowest BCUT2D eigenvalue weighted by atomic mass is 9.93. The zero-order chi connectivity index (χ0) is 8.27. The minimum atomic E-state index is -0.0811. The summed E-state index contributed by atoms with van der Waals surface area (Å²) < 4.78 is 0. The zero-order valence-electron chi connectivity index (χ0n) is 6.67. The molecule has 0 aliphatic carbocycles. The number of hydrogen-bond donors (Lipinski definition) is 1. The van der Waals surface area contributed by atoms with Gasteiger partial charge in [0.2, 0.25) is 5.91 Å². The molecule has 0 bridgehead atoms.